The van der Waals surface area contributed by atoms with Crippen LogP contribution in [0.3, 0.4) is 0 Å². The number of ether oxygens (including phenoxy) is 5. The monoisotopic (exact) mass is 299 g/mol. The number of hydrogen-bond donors (Lipinski definition) is 1. The van der Waals surface area contributed by atoms with Crippen molar-refractivity contribution in [3.8, 4) is 17.2 Å². The summed E-state index contributed by atoms with van der Waals surface area (Å²) in [5.74, 6) is 2.07. The third-order valence-corrected chi connectivity index (χ3v) is 3.16. The van der Waals surface area contributed by atoms with E-state index in [0.717, 1.165) is 11.3 Å². The molecule has 1 aromatic carbocycles. The summed E-state index contributed by atoms with van der Waals surface area (Å²) in [7, 11) is 8.17. The van der Waals surface area contributed by atoms with Crippen LogP contribution in [0.4, 0.5) is 0 Å². The Balaban J connectivity index is 2.73. The molecule has 0 saturated heterocycles. The zero-order valence-corrected chi connectivity index (χ0v) is 13.4. The van der Waals surface area contributed by atoms with Gasteiger partial charge in [0, 0.05) is 38.9 Å². The SMILES string of the molecule is COCC(CNCc1cc(OC)c(OC)cc1OC)OC. The summed E-state index contributed by atoms with van der Waals surface area (Å²) in [6.07, 6.45) is 0.0149. The molecule has 0 aliphatic heterocycles. The molecular weight excluding hydrogens is 274 g/mol. The van der Waals surface area contributed by atoms with E-state index in [0.29, 0.717) is 31.2 Å². The van der Waals surface area contributed by atoms with Gasteiger partial charge in [-0.15, -0.1) is 0 Å². The first kappa shape index (κ1) is 17.6. The molecule has 0 spiro atoms. The highest BCUT2D eigenvalue weighted by molar-refractivity contribution is 5.50. The summed E-state index contributed by atoms with van der Waals surface area (Å²) in [5, 5.41) is 3.32. The zero-order chi connectivity index (χ0) is 15.7. The normalized spacial score (nSPS) is 12.0. The van der Waals surface area contributed by atoms with Gasteiger partial charge in [0.15, 0.2) is 11.5 Å². The van der Waals surface area contributed by atoms with E-state index < -0.39 is 0 Å². The maximum absolute atomic E-state index is 5.39. The molecule has 1 unspecified atom stereocenters. The fourth-order valence-electron chi connectivity index (χ4n) is 1.99. The fourth-order valence-corrected chi connectivity index (χ4v) is 1.99. The van der Waals surface area contributed by atoms with E-state index in [2.05, 4.69) is 5.32 Å². The average Bonchev–Trinajstić information content (AvgIpc) is 2.53. The Morgan fingerprint density at radius 1 is 0.905 bits per heavy atom. The number of hydrogen-bond acceptors (Lipinski definition) is 6. The number of benzene rings is 1. The molecule has 0 bridgehead atoms. The van der Waals surface area contributed by atoms with Crippen molar-refractivity contribution in [1.29, 1.82) is 0 Å². The first-order valence-electron chi connectivity index (χ1n) is 6.71. The molecule has 1 N–H and O–H groups in total. The lowest BCUT2D eigenvalue weighted by Gasteiger charge is -2.17. The summed E-state index contributed by atoms with van der Waals surface area (Å²) < 4.78 is 26.3. The Morgan fingerprint density at radius 3 is 2.05 bits per heavy atom. The van der Waals surface area contributed by atoms with Crippen molar-refractivity contribution in [3.63, 3.8) is 0 Å². The average molecular weight is 299 g/mol. The Bertz CT molecular complexity index is 425. The van der Waals surface area contributed by atoms with E-state index in [4.69, 9.17) is 23.7 Å². The van der Waals surface area contributed by atoms with Gasteiger partial charge in [-0.2, -0.15) is 0 Å². The van der Waals surface area contributed by atoms with Gasteiger partial charge in [0.2, 0.25) is 0 Å². The van der Waals surface area contributed by atoms with Crippen LogP contribution in [-0.2, 0) is 16.0 Å². The minimum atomic E-state index is 0.0149. The summed E-state index contributed by atoms with van der Waals surface area (Å²) in [5.41, 5.74) is 0.988. The number of nitrogens with one attached hydrogen (secondary N) is 1. The summed E-state index contributed by atoms with van der Waals surface area (Å²) in [6, 6.07) is 3.72. The zero-order valence-electron chi connectivity index (χ0n) is 13.4. The van der Waals surface area contributed by atoms with Gasteiger partial charge in [0.25, 0.3) is 0 Å². The molecule has 1 rings (SSSR count). The molecule has 6 nitrogen and oxygen atoms in total. The lowest BCUT2D eigenvalue weighted by atomic mass is 10.1. The van der Waals surface area contributed by atoms with E-state index in [1.165, 1.54) is 0 Å². The van der Waals surface area contributed by atoms with Gasteiger partial charge < -0.3 is 29.0 Å². The molecule has 120 valence electrons. The smallest absolute Gasteiger partial charge is 0.164 e. The first-order chi connectivity index (χ1) is 10.2. The molecule has 0 amide bonds. The van der Waals surface area contributed by atoms with Gasteiger partial charge >= 0.3 is 0 Å². The van der Waals surface area contributed by atoms with Crippen molar-refractivity contribution in [2.24, 2.45) is 0 Å². The van der Waals surface area contributed by atoms with E-state index in [-0.39, 0.29) is 6.10 Å². The molecule has 0 radical (unpaired) electrons. The topological polar surface area (TPSA) is 58.2 Å². The maximum Gasteiger partial charge on any atom is 0.164 e. The van der Waals surface area contributed by atoms with Crippen molar-refractivity contribution in [2.45, 2.75) is 12.6 Å². The lowest BCUT2D eigenvalue weighted by Crippen LogP contribution is -2.31. The van der Waals surface area contributed by atoms with Gasteiger partial charge in [-0.3, -0.25) is 0 Å². The second-order valence-electron chi connectivity index (χ2n) is 4.46. The van der Waals surface area contributed by atoms with Gasteiger partial charge in [-0.25, -0.2) is 0 Å². The van der Waals surface area contributed by atoms with Crippen molar-refractivity contribution in [2.75, 3.05) is 48.7 Å². The Hall–Kier alpha value is -1.50. The van der Waals surface area contributed by atoms with Crippen LogP contribution in [0.15, 0.2) is 12.1 Å². The second-order valence-corrected chi connectivity index (χ2v) is 4.46. The summed E-state index contributed by atoms with van der Waals surface area (Å²) >= 11 is 0. The van der Waals surface area contributed by atoms with Crippen LogP contribution in [0.25, 0.3) is 0 Å². The van der Waals surface area contributed by atoms with Crippen molar-refractivity contribution >= 4 is 0 Å². The van der Waals surface area contributed by atoms with Crippen molar-refractivity contribution in [3.05, 3.63) is 17.7 Å². The highest BCUT2D eigenvalue weighted by Gasteiger charge is 2.12. The Labute approximate surface area is 126 Å². The van der Waals surface area contributed by atoms with E-state index in [1.807, 2.05) is 12.1 Å². The third kappa shape index (κ3) is 5.08. The molecule has 6 heteroatoms. The highest BCUT2D eigenvalue weighted by Crippen LogP contribution is 2.34. The van der Waals surface area contributed by atoms with Crippen LogP contribution in [-0.4, -0.2) is 54.8 Å². The molecule has 0 aliphatic rings. The number of methoxy groups -OCH3 is 5. The molecule has 0 aliphatic carbocycles. The molecule has 21 heavy (non-hydrogen) atoms. The first-order valence-corrected chi connectivity index (χ1v) is 6.71. The van der Waals surface area contributed by atoms with Crippen LogP contribution in [0.5, 0.6) is 17.2 Å². The fraction of sp³-hybridized carbons (Fsp3) is 0.600. The van der Waals surface area contributed by atoms with Gasteiger partial charge in [0.1, 0.15) is 5.75 Å². The van der Waals surface area contributed by atoms with Crippen LogP contribution in [0.2, 0.25) is 0 Å². The largest absolute Gasteiger partial charge is 0.496 e. The quantitative estimate of drug-likeness (QED) is 0.706. The molecule has 0 aromatic heterocycles. The lowest BCUT2D eigenvalue weighted by molar-refractivity contribution is 0.0287. The standard InChI is InChI=1S/C15H25NO5/c1-17-10-12(18-2)9-16-8-11-6-14(20-4)15(21-5)7-13(11)19-3/h6-7,12,16H,8-10H2,1-5H3. The molecule has 0 heterocycles. The third-order valence-electron chi connectivity index (χ3n) is 3.16. The molecule has 0 saturated carbocycles. The summed E-state index contributed by atoms with van der Waals surface area (Å²) in [4.78, 5) is 0. The van der Waals surface area contributed by atoms with E-state index in [9.17, 15) is 0 Å². The minimum Gasteiger partial charge on any atom is -0.496 e. The molecule has 1 aromatic rings. The predicted octanol–water partition coefficient (Wildman–Crippen LogP) is 1.46. The number of rotatable bonds is 10. The summed E-state index contributed by atoms with van der Waals surface area (Å²) in [6.45, 7) is 1.86. The van der Waals surface area contributed by atoms with E-state index in [1.54, 1.807) is 35.5 Å². The van der Waals surface area contributed by atoms with Gasteiger partial charge in [-0.1, -0.05) is 0 Å². The van der Waals surface area contributed by atoms with Crippen LogP contribution < -0.4 is 19.5 Å². The van der Waals surface area contributed by atoms with Gasteiger partial charge in [-0.05, 0) is 6.07 Å². The highest BCUT2D eigenvalue weighted by atomic mass is 16.5. The molecule has 1 atom stereocenters. The maximum atomic E-state index is 5.39. The predicted molar refractivity (Wildman–Crippen MR) is 80.5 cm³/mol. The molecule has 0 fully saturated rings. The van der Waals surface area contributed by atoms with Crippen LogP contribution in [0, 0.1) is 0 Å². The van der Waals surface area contributed by atoms with Gasteiger partial charge in [0.05, 0.1) is 34.0 Å². The Kier molecular flexibility index (Phi) is 7.89. The van der Waals surface area contributed by atoms with Crippen LogP contribution >= 0.6 is 0 Å². The Morgan fingerprint density at radius 2 is 1.52 bits per heavy atom. The van der Waals surface area contributed by atoms with Crippen molar-refractivity contribution < 1.29 is 23.7 Å². The van der Waals surface area contributed by atoms with Crippen molar-refractivity contribution in [1.82, 2.24) is 5.32 Å². The molecular formula is C15H25NO5. The second kappa shape index (κ2) is 9.44. The minimum absolute atomic E-state index is 0.0149. The van der Waals surface area contributed by atoms with Crippen LogP contribution in [0.1, 0.15) is 5.56 Å². The van der Waals surface area contributed by atoms with E-state index >= 15 is 0 Å².